The number of methoxy groups -OCH3 is 2. The first-order valence-electron chi connectivity index (χ1n) is 9.21. The molecule has 1 fully saturated rings. The second-order valence-electron chi connectivity index (χ2n) is 7.23. The van der Waals surface area contributed by atoms with Gasteiger partial charge in [-0.15, -0.1) is 0 Å². The summed E-state index contributed by atoms with van der Waals surface area (Å²) in [5.74, 6) is 0.0366. The average Bonchev–Trinajstić information content (AvgIpc) is 3.27. The number of phenols is 1. The molecular formula is C21H19FN2O5. The Hall–Kier alpha value is -3.42. The zero-order chi connectivity index (χ0) is 20.3. The number of nitrogens with zero attached hydrogens (tertiary/aromatic N) is 1. The van der Waals surface area contributed by atoms with Gasteiger partial charge in [0.2, 0.25) is 5.75 Å². The molecule has 0 saturated carbocycles. The van der Waals surface area contributed by atoms with Gasteiger partial charge in [-0.05, 0) is 47.9 Å². The molecule has 0 unspecified atom stereocenters. The molecule has 7 nitrogen and oxygen atoms in total. The van der Waals surface area contributed by atoms with Crippen LogP contribution in [0.15, 0.2) is 30.3 Å². The molecule has 0 bridgehead atoms. The van der Waals surface area contributed by atoms with Crippen LogP contribution in [0.2, 0.25) is 0 Å². The van der Waals surface area contributed by atoms with Gasteiger partial charge in [-0.1, -0.05) is 0 Å². The van der Waals surface area contributed by atoms with Crippen molar-refractivity contribution in [2.75, 3.05) is 20.8 Å². The van der Waals surface area contributed by atoms with Crippen LogP contribution in [0, 0.1) is 5.82 Å². The maximum absolute atomic E-state index is 13.9. The van der Waals surface area contributed by atoms with Gasteiger partial charge in [-0.25, -0.2) is 9.18 Å². The molecule has 1 saturated heterocycles. The molecule has 3 aromatic rings. The first kappa shape index (κ1) is 17.7. The number of carbonyl (C=O) groups is 1. The maximum atomic E-state index is 13.9. The van der Waals surface area contributed by atoms with E-state index in [-0.39, 0.29) is 35.7 Å². The predicted molar refractivity (Wildman–Crippen MR) is 102 cm³/mol. The number of carbonyl (C=O) groups excluding carboxylic acids is 1. The smallest absolute Gasteiger partial charge is 0.411 e. The van der Waals surface area contributed by atoms with Crippen molar-refractivity contribution >= 4 is 17.0 Å². The van der Waals surface area contributed by atoms with Crippen molar-refractivity contribution in [2.24, 2.45) is 0 Å². The molecule has 29 heavy (non-hydrogen) atoms. The Balaban J connectivity index is 1.77. The summed E-state index contributed by atoms with van der Waals surface area (Å²) in [4.78, 5) is 17.6. The number of hydrogen-bond acceptors (Lipinski definition) is 5. The Morgan fingerprint density at radius 3 is 2.62 bits per heavy atom. The number of ether oxygens (including phenoxy) is 3. The molecule has 2 aliphatic rings. The minimum atomic E-state index is -0.516. The molecule has 2 aromatic carbocycles. The van der Waals surface area contributed by atoms with Crippen molar-refractivity contribution in [3.63, 3.8) is 0 Å². The van der Waals surface area contributed by atoms with Gasteiger partial charge >= 0.3 is 6.09 Å². The minimum Gasteiger partial charge on any atom is -0.502 e. The SMILES string of the molecule is COc1cc([C@H]2c3[nH]c4ccc(F)cc4c3C[C@H]3COC(=O)N32)cc(OC)c1O. The molecule has 3 heterocycles. The van der Waals surface area contributed by atoms with Crippen LogP contribution < -0.4 is 9.47 Å². The van der Waals surface area contributed by atoms with Crippen LogP contribution in [0.5, 0.6) is 17.2 Å². The molecule has 150 valence electrons. The topological polar surface area (TPSA) is 84.0 Å². The third-order valence-electron chi connectivity index (χ3n) is 5.71. The molecule has 0 radical (unpaired) electrons. The Labute approximate surface area is 165 Å². The number of fused-ring (bicyclic) bond motifs is 4. The van der Waals surface area contributed by atoms with E-state index in [2.05, 4.69) is 4.98 Å². The second-order valence-corrected chi connectivity index (χ2v) is 7.23. The molecule has 2 atom stereocenters. The van der Waals surface area contributed by atoms with Gasteiger partial charge in [-0.3, -0.25) is 4.90 Å². The number of aromatic amines is 1. The van der Waals surface area contributed by atoms with Gasteiger partial charge < -0.3 is 24.3 Å². The Morgan fingerprint density at radius 1 is 1.21 bits per heavy atom. The Kier molecular flexibility index (Phi) is 3.84. The number of halogens is 1. The fourth-order valence-corrected chi connectivity index (χ4v) is 4.41. The van der Waals surface area contributed by atoms with Crippen molar-refractivity contribution in [1.82, 2.24) is 9.88 Å². The summed E-state index contributed by atoms with van der Waals surface area (Å²) < 4.78 is 29.8. The molecule has 1 aromatic heterocycles. The molecule has 0 spiro atoms. The quantitative estimate of drug-likeness (QED) is 0.706. The van der Waals surface area contributed by atoms with E-state index in [0.717, 1.165) is 22.2 Å². The normalized spacial score (nSPS) is 20.4. The lowest BCUT2D eigenvalue weighted by Crippen LogP contribution is -2.42. The molecular weight excluding hydrogens is 379 g/mol. The van der Waals surface area contributed by atoms with Crippen molar-refractivity contribution in [2.45, 2.75) is 18.5 Å². The van der Waals surface area contributed by atoms with E-state index in [0.29, 0.717) is 12.0 Å². The van der Waals surface area contributed by atoms with E-state index in [4.69, 9.17) is 14.2 Å². The van der Waals surface area contributed by atoms with E-state index >= 15 is 0 Å². The van der Waals surface area contributed by atoms with Crippen LogP contribution in [-0.2, 0) is 11.2 Å². The van der Waals surface area contributed by atoms with E-state index in [1.54, 1.807) is 23.1 Å². The van der Waals surface area contributed by atoms with Crippen LogP contribution in [-0.4, -0.2) is 48.0 Å². The number of hydrogen-bond donors (Lipinski definition) is 2. The average molecular weight is 398 g/mol. The van der Waals surface area contributed by atoms with Gasteiger partial charge in [0, 0.05) is 16.6 Å². The zero-order valence-corrected chi connectivity index (χ0v) is 15.9. The number of H-pyrrole nitrogens is 1. The van der Waals surface area contributed by atoms with Crippen molar-refractivity contribution in [3.8, 4) is 17.2 Å². The summed E-state index contributed by atoms with van der Waals surface area (Å²) in [5, 5.41) is 11.1. The van der Waals surface area contributed by atoms with Crippen LogP contribution >= 0.6 is 0 Å². The Bertz CT molecular complexity index is 1120. The highest BCUT2D eigenvalue weighted by Crippen LogP contribution is 2.46. The number of aromatic nitrogens is 1. The Morgan fingerprint density at radius 2 is 1.93 bits per heavy atom. The number of phenolic OH excluding ortho intramolecular Hbond substituents is 1. The zero-order valence-electron chi connectivity index (χ0n) is 15.9. The third-order valence-corrected chi connectivity index (χ3v) is 5.71. The number of amides is 1. The first-order chi connectivity index (χ1) is 14.0. The molecule has 0 aliphatic carbocycles. The molecule has 5 rings (SSSR count). The van der Waals surface area contributed by atoms with Gasteiger partial charge in [0.15, 0.2) is 11.5 Å². The van der Waals surface area contributed by atoms with Crippen molar-refractivity contribution in [3.05, 3.63) is 53.0 Å². The van der Waals surface area contributed by atoms with Gasteiger partial charge in [0.25, 0.3) is 0 Å². The number of aromatic hydroxyl groups is 1. The summed E-state index contributed by atoms with van der Waals surface area (Å²) in [6.45, 7) is 0.267. The van der Waals surface area contributed by atoms with Gasteiger partial charge in [0.1, 0.15) is 18.5 Å². The summed E-state index contributed by atoms with van der Waals surface area (Å²) in [7, 11) is 2.90. The summed E-state index contributed by atoms with van der Waals surface area (Å²) in [5.41, 5.74) is 3.23. The molecule has 2 N–H and O–H groups in total. The van der Waals surface area contributed by atoms with Gasteiger partial charge in [-0.2, -0.15) is 0 Å². The first-order valence-corrected chi connectivity index (χ1v) is 9.21. The molecule has 2 aliphatic heterocycles. The minimum absolute atomic E-state index is 0.117. The number of cyclic esters (lactones) is 1. The van der Waals surface area contributed by atoms with Crippen LogP contribution in [0.4, 0.5) is 9.18 Å². The summed E-state index contributed by atoms with van der Waals surface area (Å²) in [6.07, 6.45) is 0.148. The van der Waals surface area contributed by atoms with E-state index < -0.39 is 12.1 Å². The predicted octanol–water partition coefficient (Wildman–Crippen LogP) is 3.50. The fourth-order valence-electron chi connectivity index (χ4n) is 4.41. The van der Waals surface area contributed by atoms with E-state index in [1.807, 2.05) is 0 Å². The highest BCUT2D eigenvalue weighted by molar-refractivity contribution is 5.86. The monoisotopic (exact) mass is 398 g/mol. The van der Waals surface area contributed by atoms with E-state index in [1.165, 1.54) is 26.4 Å². The van der Waals surface area contributed by atoms with Gasteiger partial charge in [0.05, 0.1) is 20.3 Å². The number of benzene rings is 2. The largest absolute Gasteiger partial charge is 0.502 e. The fraction of sp³-hybridized carbons (Fsp3) is 0.286. The summed E-state index contributed by atoms with van der Waals surface area (Å²) in [6, 6.07) is 7.26. The maximum Gasteiger partial charge on any atom is 0.411 e. The molecule has 8 heteroatoms. The van der Waals surface area contributed by atoms with Crippen LogP contribution in [0.3, 0.4) is 0 Å². The molecule has 1 amide bonds. The summed E-state index contributed by atoms with van der Waals surface area (Å²) >= 11 is 0. The van der Waals surface area contributed by atoms with Crippen molar-refractivity contribution < 1.29 is 28.5 Å². The van der Waals surface area contributed by atoms with Crippen LogP contribution in [0.1, 0.15) is 22.9 Å². The lowest BCUT2D eigenvalue weighted by molar-refractivity contribution is 0.147. The lowest BCUT2D eigenvalue weighted by Gasteiger charge is -2.36. The standard InChI is InChI=1S/C21H19FN2O5/c1-27-16-5-10(6-17(28-2)20(16)25)19-18-14(8-12-9-29-21(26)24(12)19)13-7-11(22)3-4-15(13)23-18/h3-7,12,19,23,25H,8-9H2,1-2H3/t12-,19-/m0/s1. The lowest BCUT2D eigenvalue weighted by atomic mass is 9.89. The van der Waals surface area contributed by atoms with Crippen molar-refractivity contribution in [1.29, 1.82) is 0 Å². The van der Waals surface area contributed by atoms with Crippen LogP contribution in [0.25, 0.3) is 10.9 Å². The van der Waals surface area contributed by atoms with E-state index in [9.17, 15) is 14.3 Å². The third kappa shape index (κ3) is 2.52. The highest BCUT2D eigenvalue weighted by Gasteiger charge is 2.45. The second kappa shape index (κ2) is 6.30. The number of nitrogens with one attached hydrogen (secondary N) is 1. The number of rotatable bonds is 3. The highest BCUT2D eigenvalue weighted by atomic mass is 19.1.